The first kappa shape index (κ1) is 19.8. The minimum absolute atomic E-state index is 0.234. The van der Waals surface area contributed by atoms with E-state index in [2.05, 4.69) is 10.1 Å². The molecule has 0 aliphatic rings. The van der Waals surface area contributed by atoms with Crippen LogP contribution in [-0.4, -0.2) is 14.7 Å². The van der Waals surface area contributed by atoms with Crippen molar-refractivity contribution in [2.75, 3.05) is 0 Å². The average Bonchev–Trinajstić information content (AvgIpc) is 3.25. The van der Waals surface area contributed by atoms with E-state index in [1.54, 1.807) is 49.4 Å². The average molecular weight is 429 g/mol. The van der Waals surface area contributed by atoms with Gasteiger partial charge in [0.2, 0.25) is 0 Å². The van der Waals surface area contributed by atoms with Crippen molar-refractivity contribution in [1.29, 1.82) is 0 Å². The molecule has 0 radical (unpaired) electrons. The summed E-state index contributed by atoms with van der Waals surface area (Å²) in [4.78, 5) is 17.7. The lowest BCUT2D eigenvalue weighted by Crippen LogP contribution is -2.22. The van der Waals surface area contributed by atoms with Crippen molar-refractivity contribution in [2.24, 2.45) is 0 Å². The van der Waals surface area contributed by atoms with Crippen LogP contribution in [0.25, 0.3) is 27.8 Å². The second-order valence-electron chi connectivity index (χ2n) is 7.49. The Balaban J connectivity index is 1.49. The van der Waals surface area contributed by atoms with Crippen molar-refractivity contribution in [3.8, 4) is 16.9 Å². The number of aryl methyl sites for hydroxylation is 1. The number of fused-ring (bicyclic) bond motifs is 1. The predicted octanol–water partition coefficient (Wildman–Crippen LogP) is 5.22. The molecule has 7 heteroatoms. The van der Waals surface area contributed by atoms with Crippen molar-refractivity contribution < 1.29 is 13.3 Å². The summed E-state index contributed by atoms with van der Waals surface area (Å²) in [6.45, 7) is 1.73. The van der Waals surface area contributed by atoms with Crippen LogP contribution in [0.2, 0.25) is 0 Å². The molecule has 0 saturated carbocycles. The quantitative estimate of drug-likeness (QED) is 0.393. The van der Waals surface area contributed by atoms with Crippen LogP contribution in [0.15, 0.2) is 82.1 Å². The Labute approximate surface area is 181 Å². The fourth-order valence-corrected chi connectivity index (χ4v) is 3.69. The lowest BCUT2D eigenvalue weighted by molar-refractivity contribution is 0.391. The third-order valence-corrected chi connectivity index (χ3v) is 5.27. The maximum Gasteiger partial charge on any atom is 0.265 e. The number of nitrogens with zero attached hydrogens (tertiary/aromatic N) is 3. The van der Waals surface area contributed by atoms with Gasteiger partial charge in [-0.25, -0.2) is 13.8 Å². The number of hydrogen-bond donors (Lipinski definition) is 0. The molecule has 0 atom stereocenters. The minimum Gasteiger partial charge on any atom is -0.360 e. The van der Waals surface area contributed by atoms with E-state index in [1.807, 2.05) is 6.07 Å². The Kier molecular flexibility index (Phi) is 4.86. The van der Waals surface area contributed by atoms with Gasteiger partial charge in [0.25, 0.3) is 5.56 Å². The van der Waals surface area contributed by atoms with Gasteiger partial charge in [0.15, 0.2) is 0 Å². The molecule has 2 heterocycles. The van der Waals surface area contributed by atoms with Gasteiger partial charge in [-0.2, -0.15) is 0 Å². The van der Waals surface area contributed by atoms with Crippen molar-refractivity contribution in [3.63, 3.8) is 0 Å². The molecule has 5 aromatic rings. The van der Waals surface area contributed by atoms with Gasteiger partial charge in [0, 0.05) is 18.1 Å². The van der Waals surface area contributed by atoms with Gasteiger partial charge in [-0.15, -0.1) is 0 Å². The summed E-state index contributed by atoms with van der Waals surface area (Å²) in [7, 11) is 0. The SMILES string of the molecule is Cc1nc2cc(-c3cc(Cc4ccc(F)cc4)on3)ccc2c(=O)n1-c1ccc(F)cc1. The maximum atomic E-state index is 13.3. The lowest BCUT2D eigenvalue weighted by atomic mass is 10.1. The summed E-state index contributed by atoms with van der Waals surface area (Å²) in [5, 5.41) is 4.57. The Morgan fingerprint density at radius 2 is 1.59 bits per heavy atom. The first-order valence-corrected chi connectivity index (χ1v) is 9.98. The van der Waals surface area contributed by atoms with Crippen molar-refractivity contribution in [2.45, 2.75) is 13.3 Å². The monoisotopic (exact) mass is 429 g/mol. The molecular weight excluding hydrogens is 412 g/mol. The van der Waals surface area contributed by atoms with E-state index >= 15 is 0 Å². The smallest absolute Gasteiger partial charge is 0.265 e. The molecule has 158 valence electrons. The summed E-state index contributed by atoms with van der Waals surface area (Å²) in [5.41, 5.74) is 3.14. The predicted molar refractivity (Wildman–Crippen MR) is 117 cm³/mol. The highest BCUT2D eigenvalue weighted by atomic mass is 19.1. The summed E-state index contributed by atoms with van der Waals surface area (Å²) in [5.74, 6) is 0.472. The van der Waals surface area contributed by atoms with Crippen LogP contribution in [0.3, 0.4) is 0 Å². The summed E-state index contributed by atoms with van der Waals surface area (Å²) in [6.07, 6.45) is 0.487. The topological polar surface area (TPSA) is 60.9 Å². The zero-order valence-corrected chi connectivity index (χ0v) is 17.0. The molecule has 0 fully saturated rings. The first-order chi connectivity index (χ1) is 15.5. The van der Waals surface area contributed by atoms with Crippen molar-refractivity contribution >= 4 is 10.9 Å². The summed E-state index contributed by atoms with van der Waals surface area (Å²) < 4.78 is 33.3. The molecule has 5 rings (SSSR count). The third kappa shape index (κ3) is 3.69. The van der Waals surface area contributed by atoms with Crippen molar-refractivity contribution in [1.82, 2.24) is 14.7 Å². The van der Waals surface area contributed by atoms with Gasteiger partial charge in [-0.3, -0.25) is 9.36 Å². The zero-order valence-electron chi connectivity index (χ0n) is 17.0. The molecule has 2 aromatic heterocycles. The molecule has 0 aliphatic carbocycles. The molecule has 0 aliphatic heterocycles. The van der Waals surface area contributed by atoms with E-state index in [9.17, 15) is 13.6 Å². The van der Waals surface area contributed by atoms with Crippen LogP contribution in [0.4, 0.5) is 8.78 Å². The van der Waals surface area contributed by atoms with Crippen LogP contribution >= 0.6 is 0 Å². The van der Waals surface area contributed by atoms with Gasteiger partial charge in [0.1, 0.15) is 28.9 Å². The largest absolute Gasteiger partial charge is 0.360 e. The second-order valence-corrected chi connectivity index (χ2v) is 7.49. The highest BCUT2D eigenvalue weighted by molar-refractivity contribution is 5.83. The third-order valence-electron chi connectivity index (χ3n) is 5.27. The molecule has 0 bridgehead atoms. The van der Waals surface area contributed by atoms with Crippen LogP contribution in [0.5, 0.6) is 0 Å². The molecule has 32 heavy (non-hydrogen) atoms. The number of benzene rings is 3. The zero-order chi connectivity index (χ0) is 22.2. The highest BCUT2D eigenvalue weighted by Gasteiger charge is 2.13. The Hall–Kier alpha value is -4.13. The Bertz CT molecular complexity index is 1490. The molecule has 0 spiro atoms. The molecule has 3 aromatic carbocycles. The van der Waals surface area contributed by atoms with Gasteiger partial charge >= 0.3 is 0 Å². The Morgan fingerprint density at radius 1 is 0.906 bits per heavy atom. The standard InChI is InChI=1S/C25H17F2N3O2/c1-15-28-24-13-17(23-14-21(32-29-23)12-16-2-5-18(26)6-3-16)4-11-22(24)25(31)30(15)20-9-7-19(27)8-10-20/h2-11,13-14H,12H2,1H3. The van der Waals surface area contributed by atoms with Gasteiger partial charge < -0.3 is 4.52 Å². The molecular formula is C25H17F2N3O2. The number of halogens is 2. The normalized spacial score (nSPS) is 11.2. The van der Waals surface area contributed by atoms with E-state index < -0.39 is 0 Å². The van der Waals surface area contributed by atoms with Crippen LogP contribution in [0.1, 0.15) is 17.1 Å². The van der Waals surface area contributed by atoms with Crippen molar-refractivity contribution in [3.05, 3.63) is 112 Å². The van der Waals surface area contributed by atoms with Gasteiger partial charge in [-0.05, 0) is 61.0 Å². The summed E-state index contributed by atoms with van der Waals surface area (Å²) >= 11 is 0. The number of hydrogen-bond acceptors (Lipinski definition) is 4. The molecule has 0 amide bonds. The van der Waals surface area contributed by atoms with Crippen LogP contribution < -0.4 is 5.56 Å². The number of rotatable bonds is 4. The van der Waals surface area contributed by atoms with E-state index in [1.165, 1.54) is 28.8 Å². The van der Waals surface area contributed by atoms with E-state index in [-0.39, 0.29) is 17.2 Å². The fourth-order valence-electron chi connectivity index (χ4n) is 3.69. The van der Waals surface area contributed by atoms with Gasteiger partial charge in [-0.1, -0.05) is 23.4 Å². The fraction of sp³-hybridized carbons (Fsp3) is 0.0800. The first-order valence-electron chi connectivity index (χ1n) is 9.98. The molecule has 0 saturated heterocycles. The second kappa shape index (κ2) is 7.85. The van der Waals surface area contributed by atoms with E-state index in [4.69, 9.17) is 4.52 Å². The van der Waals surface area contributed by atoms with Gasteiger partial charge in [0.05, 0.1) is 16.6 Å². The van der Waals surface area contributed by atoms with Crippen LogP contribution in [0, 0.1) is 18.6 Å². The maximum absolute atomic E-state index is 13.3. The Morgan fingerprint density at radius 3 is 2.31 bits per heavy atom. The lowest BCUT2D eigenvalue weighted by Gasteiger charge is -2.11. The summed E-state index contributed by atoms with van der Waals surface area (Å²) in [6, 6.07) is 19.0. The highest BCUT2D eigenvalue weighted by Crippen LogP contribution is 2.24. The molecule has 0 N–H and O–H groups in total. The minimum atomic E-state index is -0.371. The van der Waals surface area contributed by atoms with E-state index in [0.29, 0.717) is 40.3 Å². The van der Waals surface area contributed by atoms with E-state index in [0.717, 1.165) is 11.1 Å². The van der Waals surface area contributed by atoms with Crippen LogP contribution in [-0.2, 0) is 6.42 Å². The molecule has 0 unspecified atom stereocenters. The number of aromatic nitrogens is 3. The molecule has 5 nitrogen and oxygen atoms in total.